The van der Waals surface area contributed by atoms with Crippen LogP contribution in [0.3, 0.4) is 0 Å². The normalized spacial score (nSPS) is 11.2. The number of hydrogen-bond donors (Lipinski definition) is 1. The van der Waals surface area contributed by atoms with Gasteiger partial charge >= 0.3 is 11.9 Å². The number of nitriles is 1. The fourth-order valence-electron chi connectivity index (χ4n) is 2.86. The summed E-state index contributed by atoms with van der Waals surface area (Å²) >= 11 is 0.809. The molecule has 2 N–H and O–H groups in total. The number of ether oxygens (including phenoxy) is 2. The zero-order valence-electron chi connectivity index (χ0n) is 17.7. The maximum Gasteiger partial charge on any atom is 0.348 e. The number of halogens is 1. The van der Waals surface area contributed by atoms with Crippen molar-refractivity contribution < 1.29 is 31.9 Å². The summed E-state index contributed by atoms with van der Waals surface area (Å²) in [6.45, 7) is 4.82. The average molecular weight is 484 g/mol. The molecule has 0 fully saturated rings. The Balaban J connectivity index is 2.36. The van der Waals surface area contributed by atoms with Gasteiger partial charge in [0.25, 0.3) is 0 Å². The summed E-state index contributed by atoms with van der Waals surface area (Å²) in [4.78, 5) is 24.4. The summed E-state index contributed by atoms with van der Waals surface area (Å²) in [5.74, 6) is -2.89. The number of carbonyl (C=O) groups is 2. The van der Waals surface area contributed by atoms with E-state index in [0.29, 0.717) is 0 Å². The van der Waals surface area contributed by atoms with Crippen molar-refractivity contribution in [1.29, 1.82) is 5.26 Å². The summed E-state index contributed by atoms with van der Waals surface area (Å²) < 4.78 is 50.9. The van der Waals surface area contributed by atoms with E-state index in [2.05, 4.69) is 0 Å². The molecule has 2 rings (SSSR count). The molecule has 172 valence electrons. The van der Waals surface area contributed by atoms with Crippen molar-refractivity contribution >= 4 is 38.3 Å². The number of rotatable bonds is 9. The van der Waals surface area contributed by atoms with Crippen LogP contribution in [0.25, 0.3) is 0 Å². The molecule has 0 aliphatic heterocycles. The first-order valence-corrected chi connectivity index (χ1v) is 11.8. The SMILES string of the molecule is CCOC(=O)c1sc(N)c(C#N)c1COC(=O)c1cc(S(=O)(=O)N(CC)CC)ccc1F. The van der Waals surface area contributed by atoms with Crippen LogP contribution in [0, 0.1) is 17.1 Å². The van der Waals surface area contributed by atoms with E-state index < -0.39 is 39.9 Å². The van der Waals surface area contributed by atoms with Crippen LogP contribution in [0.2, 0.25) is 0 Å². The van der Waals surface area contributed by atoms with Crippen molar-refractivity contribution in [2.75, 3.05) is 25.4 Å². The fourth-order valence-corrected chi connectivity index (χ4v) is 5.26. The van der Waals surface area contributed by atoms with Gasteiger partial charge in [0, 0.05) is 18.7 Å². The minimum Gasteiger partial charge on any atom is -0.462 e. The third kappa shape index (κ3) is 5.07. The second kappa shape index (κ2) is 10.5. The minimum atomic E-state index is -3.93. The van der Waals surface area contributed by atoms with Crippen LogP contribution in [0.15, 0.2) is 23.1 Å². The molecule has 0 bridgehead atoms. The van der Waals surface area contributed by atoms with Gasteiger partial charge in [0.05, 0.1) is 22.6 Å². The van der Waals surface area contributed by atoms with E-state index in [-0.39, 0.29) is 45.6 Å². The Hall–Kier alpha value is -3.01. The van der Waals surface area contributed by atoms with Crippen LogP contribution in [0.5, 0.6) is 0 Å². The number of anilines is 1. The first-order valence-electron chi connectivity index (χ1n) is 9.57. The van der Waals surface area contributed by atoms with Crippen molar-refractivity contribution in [3.8, 4) is 6.07 Å². The minimum absolute atomic E-state index is 0.00738. The number of sulfonamides is 1. The predicted octanol–water partition coefficient (Wildman–Crippen LogP) is 2.91. The highest BCUT2D eigenvalue weighted by atomic mass is 32.2. The van der Waals surface area contributed by atoms with Gasteiger partial charge in [0.2, 0.25) is 10.0 Å². The van der Waals surface area contributed by atoms with Gasteiger partial charge in [-0.25, -0.2) is 22.4 Å². The van der Waals surface area contributed by atoms with Crippen molar-refractivity contribution in [2.24, 2.45) is 0 Å². The van der Waals surface area contributed by atoms with E-state index in [1.54, 1.807) is 20.8 Å². The van der Waals surface area contributed by atoms with E-state index in [1.807, 2.05) is 6.07 Å². The van der Waals surface area contributed by atoms with Gasteiger partial charge in [-0.1, -0.05) is 13.8 Å². The third-order valence-corrected chi connectivity index (χ3v) is 7.54. The molecule has 0 spiro atoms. The summed E-state index contributed by atoms with van der Waals surface area (Å²) in [5, 5.41) is 9.37. The Morgan fingerprint density at radius 1 is 1.19 bits per heavy atom. The summed E-state index contributed by atoms with van der Waals surface area (Å²) in [5.41, 5.74) is 5.15. The number of benzene rings is 1. The zero-order chi connectivity index (χ0) is 24.1. The van der Waals surface area contributed by atoms with Crippen molar-refractivity contribution in [3.63, 3.8) is 0 Å². The molecule has 0 saturated heterocycles. The molecule has 0 atom stereocenters. The van der Waals surface area contributed by atoms with E-state index in [4.69, 9.17) is 15.2 Å². The molecule has 1 aromatic heterocycles. The second-order valence-corrected chi connectivity index (χ2v) is 9.28. The number of nitrogen functional groups attached to an aromatic ring is 1. The maximum absolute atomic E-state index is 14.3. The van der Waals surface area contributed by atoms with Gasteiger partial charge in [-0.15, -0.1) is 11.3 Å². The molecule has 9 nitrogen and oxygen atoms in total. The molecule has 0 saturated carbocycles. The Morgan fingerprint density at radius 3 is 2.41 bits per heavy atom. The van der Waals surface area contributed by atoms with Crippen LogP contribution in [0.1, 0.15) is 51.9 Å². The molecular weight excluding hydrogens is 461 g/mol. The fraction of sp³-hybridized carbons (Fsp3) is 0.350. The molecule has 2 aromatic rings. The lowest BCUT2D eigenvalue weighted by atomic mass is 10.1. The summed E-state index contributed by atoms with van der Waals surface area (Å²) in [6.07, 6.45) is 0. The number of hydrogen-bond acceptors (Lipinski definition) is 9. The van der Waals surface area contributed by atoms with Gasteiger partial charge < -0.3 is 15.2 Å². The Morgan fingerprint density at radius 2 is 1.84 bits per heavy atom. The van der Waals surface area contributed by atoms with Gasteiger partial charge in [-0.3, -0.25) is 0 Å². The van der Waals surface area contributed by atoms with E-state index in [1.165, 1.54) is 0 Å². The Labute approximate surface area is 189 Å². The first kappa shape index (κ1) is 25.3. The lowest BCUT2D eigenvalue weighted by Gasteiger charge is -2.18. The van der Waals surface area contributed by atoms with Crippen LogP contribution < -0.4 is 5.73 Å². The highest BCUT2D eigenvalue weighted by Gasteiger charge is 2.27. The van der Waals surface area contributed by atoms with E-state index >= 15 is 0 Å². The lowest BCUT2D eigenvalue weighted by molar-refractivity contribution is 0.0448. The summed E-state index contributed by atoms with van der Waals surface area (Å²) in [7, 11) is -3.93. The molecule has 0 aliphatic carbocycles. The van der Waals surface area contributed by atoms with E-state index in [9.17, 15) is 27.7 Å². The lowest BCUT2D eigenvalue weighted by Crippen LogP contribution is -2.30. The summed E-state index contributed by atoms with van der Waals surface area (Å²) in [6, 6.07) is 4.65. The predicted molar refractivity (Wildman–Crippen MR) is 115 cm³/mol. The molecule has 12 heteroatoms. The first-order chi connectivity index (χ1) is 15.1. The average Bonchev–Trinajstić information content (AvgIpc) is 3.08. The van der Waals surface area contributed by atoms with Gasteiger partial charge in [0.15, 0.2) is 0 Å². The number of carbonyl (C=O) groups excluding carboxylic acids is 2. The maximum atomic E-state index is 14.3. The topological polar surface area (TPSA) is 140 Å². The molecule has 32 heavy (non-hydrogen) atoms. The van der Waals surface area contributed by atoms with Gasteiger partial charge in [-0.2, -0.15) is 9.57 Å². The number of esters is 2. The Kier molecular flexibility index (Phi) is 8.31. The van der Waals surface area contributed by atoms with Crippen LogP contribution in [-0.2, 0) is 26.1 Å². The molecule has 1 heterocycles. The number of nitrogens with two attached hydrogens (primary N) is 1. The number of thiophene rings is 1. The highest BCUT2D eigenvalue weighted by molar-refractivity contribution is 7.89. The Bertz CT molecular complexity index is 1170. The standard InChI is InChI=1S/C20H22FN3O6S2/c1-4-24(5-2)32(27,28)12-7-8-16(21)13(9-12)19(25)30-11-15-14(10-22)18(23)31-17(15)20(26)29-6-3/h7-9H,4-6,11,23H2,1-3H3. The molecule has 0 aliphatic rings. The third-order valence-electron chi connectivity index (χ3n) is 4.46. The van der Waals surface area contributed by atoms with Gasteiger partial charge in [0.1, 0.15) is 28.4 Å². The molecule has 0 amide bonds. The van der Waals surface area contributed by atoms with Crippen LogP contribution in [-0.4, -0.2) is 44.4 Å². The largest absolute Gasteiger partial charge is 0.462 e. The van der Waals surface area contributed by atoms with Crippen LogP contribution in [0.4, 0.5) is 9.39 Å². The zero-order valence-corrected chi connectivity index (χ0v) is 19.3. The van der Waals surface area contributed by atoms with Crippen molar-refractivity contribution in [1.82, 2.24) is 4.31 Å². The molecule has 1 aromatic carbocycles. The molecule has 0 unspecified atom stereocenters. The van der Waals surface area contributed by atoms with Crippen molar-refractivity contribution in [3.05, 3.63) is 45.6 Å². The quantitative estimate of drug-likeness (QED) is 0.537. The smallest absolute Gasteiger partial charge is 0.348 e. The second-order valence-electron chi connectivity index (χ2n) is 6.29. The monoisotopic (exact) mass is 483 g/mol. The molecular formula is C20H22FN3O6S2. The number of nitrogens with zero attached hydrogens (tertiary/aromatic N) is 2. The van der Waals surface area contributed by atoms with E-state index in [0.717, 1.165) is 33.8 Å². The van der Waals surface area contributed by atoms with Crippen LogP contribution >= 0.6 is 11.3 Å². The van der Waals surface area contributed by atoms with Crippen molar-refractivity contribution in [2.45, 2.75) is 32.3 Å². The van der Waals surface area contributed by atoms with Gasteiger partial charge in [-0.05, 0) is 25.1 Å². The highest BCUT2D eigenvalue weighted by Crippen LogP contribution is 2.32. The molecule has 0 radical (unpaired) electrons.